The van der Waals surface area contributed by atoms with E-state index in [0.29, 0.717) is 0 Å². The second-order valence-electron chi connectivity index (χ2n) is 6.43. The Morgan fingerprint density at radius 2 is 1.45 bits per heavy atom. The zero-order valence-corrected chi connectivity index (χ0v) is 12.9. The molecule has 0 aliphatic carbocycles. The van der Waals surface area contributed by atoms with E-state index in [4.69, 9.17) is 4.99 Å². The molecule has 20 heavy (non-hydrogen) atoms. The van der Waals surface area contributed by atoms with Crippen LogP contribution in [0.2, 0.25) is 0 Å². The van der Waals surface area contributed by atoms with Crippen molar-refractivity contribution in [1.29, 1.82) is 0 Å². The van der Waals surface area contributed by atoms with Crippen molar-refractivity contribution in [2.45, 2.75) is 40.0 Å². The van der Waals surface area contributed by atoms with Gasteiger partial charge >= 0.3 is 0 Å². The van der Waals surface area contributed by atoms with Crippen LogP contribution in [-0.2, 0) is 5.41 Å². The molecule has 1 aliphatic rings. The smallest absolute Gasteiger partial charge is 0.0671 e. The minimum atomic E-state index is 0.0458. The summed E-state index contributed by atoms with van der Waals surface area (Å²) in [6, 6.07) is 13.4. The summed E-state index contributed by atoms with van der Waals surface area (Å²) >= 11 is 0. The van der Waals surface area contributed by atoms with E-state index in [0.717, 1.165) is 5.69 Å². The van der Waals surface area contributed by atoms with Gasteiger partial charge in [0.15, 0.2) is 0 Å². The maximum absolute atomic E-state index is 4.69. The Morgan fingerprint density at radius 1 is 0.800 bits per heavy atom. The van der Waals surface area contributed by atoms with Gasteiger partial charge in [-0.15, -0.1) is 0 Å². The molecule has 102 valence electrons. The predicted molar refractivity (Wildman–Crippen MR) is 87.1 cm³/mol. The number of fused-ring (bicyclic) bond motifs is 1. The van der Waals surface area contributed by atoms with Crippen LogP contribution in [0.25, 0.3) is 11.1 Å². The summed E-state index contributed by atoms with van der Waals surface area (Å²) in [7, 11) is 0. The molecule has 0 saturated heterocycles. The van der Waals surface area contributed by atoms with Gasteiger partial charge in [0.2, 0.25) is 0 Å². The van der Waals surface area contributed by atoms with Crippen molar-refractivity contribution < 1.29 is 0 Å². The van der Waals surface area contributed by atoms with Crippen LogP contribution < -0.4 is 0 Å². The monoisotopic (exact) mass is 263 g/mol. The molecule has 0 aromatic heterocycles. The highest BCUT2D eigenvalue weighted by molar-refractivity contribution is 6.00. The molecule has 0 atom stereocenters. The lowest BCUT2D eigenvalue weighted by Gasteiger charge is -2.20. The summed E-state index contributed by atoms with van der Waals surface area (Å²) in [6.45, 7) is 10.9. The fourth-order valence-electron chi connectivity index (χ4n) is 2.97. The van der Waals surface area contributed by atoms with Gasteiger partial charge < -0.3 is 0 Å². The highest BCUT2D eigenvalue weighted by Crippen LogP contribution is 2.41. The number of aliphatic imine (C=N–C) groups is 1. The standard InChI is InChI=1S/C19H21N/c1-12-8-13(2)10-16(9-12)15-6-7-18-17(11-15)19(4,5)14(3)20-18/h6-11H,1-5H3. The van der Waals surface area contributed by atoms with E-state index in [1.54, 1.807) is 0 Å². The van der Waals surface area contributed by atoms with Crippen LogP contribution in [0.15, 0.2) is 41.4 Å². The van der Waals surface area contributed by atoms with Crippen molar-refractivity contribution in [3.8, 4) is 11.1 Å². The lowest BCUT2D eigenvalue weighted by Crippen LogP contribution is -2.22. The minimum absolute atomic E-state index is 0.0458. The van der Waals surface area contributed by atoms with Crippen molar-refractivity contribution >= 4 is 11.4 Å². The molecule has 0 amide bonds. The third-order valence-corrected chi connectivity index (χ3v) is 4.42. The van der Waals surface area contributed by atoms with E-state index in [1.165, 1.54) is 33.5 Å². The van der Waals surface area contributed by atoms with E-state index in [-0.39, 0.29) is 5.41 Å². The van der Waals surface area contributed by atoms with E-state index >= 15 is 0 Å². The first-order valence-corrected chi connectivity index (χ1v) is 7.17. The number of aryl methyl sites for hydroxylation is 2. The summed E-state index contributed by atoms with van der Waals surface area (Å²) in [4.78, 5) is 4.69. The Labute approximate surface area is 121 Å². The number of benzene rings is 2. The van der Waals surface area contributed by atoms with Gasteiger partial charge in [0.25, 0.3) is 0 Å². The predicted octanol–water partition coefficient (Wildman–Crippen LogP) is 5.35. The molecule has 1 heteroatoms. The Balaban J connectivity index is 2.14. The van der Waals surface area contributed by atoms with Crippen molar-refractivity contribution in [3.05, 3.63) is 53.1 Å². The number of nitrogens with zero attached hydrogens (tertiary/aromatic N) is 1. The summed E-state index contributed by atoms with van der Waals surface area (Å²) in [6.07, 6.45) is 0. The van der Waals surface area contributed by atoms with E-state index in [1.807, 2.05) is 0 Å². The average Bonchev–Trinajstić information content (AvgIpc) is 2.59. The molecule has 3 rings (SSSR count). The Bertz CT molecular complexity index is 700. The SMILES string of the molecule is CC1=Nc2ccc(-c3cc(C)cc(C)c3)cc2C1(C)C. The first-order valence-electron chi connectivity index (χ1n) is 7.17. The molecule has 0 fully saturated rings. The number of rotatable bonds is 1. The summed E-state index contributed by atoms with van der Waals surface area (Å²) in [5.41, 5.74) is 8.92. The molecule has 0 unspecified atom stereocenters. The molecule has 0 radical (unpaired) electrons. The molecule has 2 aromatic rings. The van der Waals surface area contributed by atoms with Gasteiger partial charge in [-0.1, -0.05) is 49.2 Å². The van der Waals surface area contributed by atoms with Crippen LogP contribution in [0.5, 0.6) is 0 Å². The molecule has 0 saturated carbocycles. The van der Waals surface area contributed by atoms with Crippen molar-refractivity contribution in [1.82, 2.24) is 0 Å². The largest absolute Gasteiger partial charge is 0.257 e. The van der Waals surface area contributed by atoms with E-state index in [2.05, 4.69) is 71.0 Å². The molecule has 1 nitrogen and oxygen atoms in total. The molecule has 0 bridgehead atoms. The molecule has 1 heterocycles. The second-order valence-corrected chi connectivity index (χ2v) is 6.43. The lowest BCUT2D eigenvalue weighted by atomic mass is 9.81. The molecule has 0 N–H and O–H groups in total. The van der Waals surface area contributed by atoms with Crippen LogP contribution in [0.1, 0.15) is 37.5 Å². The third kappa shape index (κ3) is 1.98. The number of hydrogen-bond acceptors (Lipinski definition) is 1. The van der Waals surface area contributed by atoms with Gasteiger partial charge in [-0.3, -0.25) is 4.99 Å². The Hall–Kier alpha value is -1.89. The summed E-state index contributed by atoms with van der Waals surface area (Å²) in [5.74, 6) is 0. The van der Waals surface area contributed by atoms with Gasteiger partial charge in [-0.25, -0.2) is 0 Å². The van der Waals surface area contributed by atoms with Crippen LogP contribution >= 0.6 is 0 Å². The number of hydrogen-bond donors (Lipinski definition) is 0. The van der Waals surface area contributed by atoms with Crippen molar-refractivity contribution in [2.75, 3.05) is 0 Å². The van der Waals surface area contributed by atoms with Crippen LogP contribution in [-0.4, -0.2) is 5.71 Å². The zero-order valence-electron chi connectivity index (χ0n) is 12.9. The molecule has 2 aromatic carbocycles. The first-order chi connectivity index (χ1) is 9.38. The van der Waals surface area contributed by atoms with E-state index in [9.17, 15) is 0 Å². The minimum Gasteiger partial charge on any atom is -0.257 e. The van der Waals surface area contributed by atoms with Gasteiger partial charge in [0.05, 0.1) is 5.69 Å². The fraction of sp³-hybridized carbons (Fsp3) is 0.316. The molecule has 0 spiro atoms. The molecular weight excluding hydrogens is 242 g/mol. The van der Waals surface area contributed by atoms with Crippen molar-refractivity contribution in [2.24, 2.45) is 4.99 Å². The zero-order chi connectivity index (χ0) is 14.5. The normalized spacial score (nSPS) is 15.9. The van der Waals surface area contributed by atoms with Gasteiger partial charge in [-0.2, -0.15) is 0 Å². The van der Waals surface area contributed by atoms with Crippen molar-refractivity contribution in [3.63, 3.8) is 0 Å². The lowest BCUT2D eigenvalue weighted by molar-refractivity contribution is 0.733. The second kappa shape index (κ2) is 4.31. The highest BCUT2D eigenvalue weighted by atomic mass is 14.8. The summed E-state index contributed by atoms with van der Waals surface area (Å²) < 4.78 is 0. The van der Waals surface area contributed by atoms with Gasteiger partial charge in [0.1, 0.15) is 0 Å². The molecule has 1 aliphatic heterocycles. The molecular formula is C19H21N. The van der Waals surface area contributed by atoms with Gasteiger partial charge in [-0.05, 0) is 49.6 Å². The fourth-order valence-corrected chi connectivity index (χ4v) is 2.97. The average molecular weight is 263 g/mol. The maximum Gasteiger partial charge on any atom is 0.0671 e. The highest BCUT2D eigenvalue weighted by Gasteiger charge is 2.32. The Kier molecular flexibility index (Phi) is 2.82. The first kappa shape index (κ1) is 13.1. The van der Waals surface area contributed by atoms with Gasteiger partial charge in [0, 0.05) is 11.1 Å². The van der Waals surface area contributed by atoms with E-state index < -0.39 is 0 Å². The Morgan fingerprint density at radius 3 is 2.10 bits per heavy atom. The topological polar surface area (TPSA) is 12.4 Å². The third-order valence-electron chi connectivity index (χ3n) is 4.42. The maximum atomic E-state index is 4.69. The quantitative estimate of drug-likeness (QED) is 0.657. The summed E-state index contributed by atoms with van der Waals surface area (Å²) in [5, 5.41) is 0. The van der Waals surface area contributed by atoms with Crippen LogP contribution in [0, 0.1) is 13.8 Å². The van der Waals surface area contributed by atoms with Crippen LogP contribution in [0.3, 0.4) is 0 Å². The van der Waals surface area contributed by atoms with Crippen LogP contribution in [0.4, 0.5) is 5.69 Å².